The lowest BCUT2D eigenvalue weighted by Crippen LogP contribution is -2.30. The number of esters is 4. The molecule has 3 unspecified atom stereocenters. The van der Waals surface area contributed by atoms with Gasteiger partial charge in [-0.3, -0.25) is 37.3 Å². The van der Waals surface area contributed by atoms with E-state index in [9.17, 15) is 43.2 Å². The highest BCUT2D eigenvalue weighted by Crippen LogP contribution is 2.45. The summed E-state index contributed by atoms with van der Waals surface area (Å²) in [5.74, 6) is 0.189. The van der Waals surface area contributed by atoms with Gasteiger partial charge in [0.15, 0.2) is 12.2 Å². The second-order valence-electron chi connectivity index (χ2n) is 30.0. The molecule has 0 saturated heterocycles. The Balaban J connectivity index is 5.27. The van der Waals surface area contributed by atoms with E-state index in [4.69, 9.17) is 37.0 Å². The van der Waals surface area contributed by atoms with Gasteiger partial charge in [0.2, 0.25) is 0 Å². The third-order valence-electron chi connectivity index (χ3n) is 18.9. The minimum atomic E-state index is -4.97. The van der Waals surface area contributed by atoms with Gasteiger partial charge in [-0.15, -0.1) is 0 Å². The lowest BCUT2D eigenvalue weighted by atomic mass is 10.00. The van der Waals surface area contributed by atoms with E-state index in [0.717, 1.165) is 133 Å². The Bertz CT molecular complexity index is 2050. The van der Waals surface area contributed by atoms with E-state index in [1.807, 2.05) is 0 Å². The Labute approximate surface area is 618 Å². The van der Waals surface area contributed by atoms with Crippen molar-refractivity contribution in [2.24, 2.45) is 17.8 Å². The highest BCUT2D eigenvalue weighted by atomic mass is 31.2. The summed E-state index contributed by atoms with van der Waals surface area (Å²) in [6, 6.07) is 0. The molecule has 0 aliphatic heterocycles. The van der Waals surface area contributed by atoms with Crippen LogP contribution in [0.4, 0.5) is 0 Å². The molecule has 3 N–H and O–H groups in total. The Morgan fingerprint density at radius 3 is 0.881 bits per heavy atom. The van der Waals surface area contributed by atoms with E-state index in [1.54, 1.807) is 0 Å². The SMILES string of the molecule is CCCCCC/C=C\C=C/CCCCCCCC(=O)OC[C@H](COP(=O)(O)OC[C@@H](O)COP(=O)(O)OC[C@@H](COC(=O)CCCCCCCCC(C)CC)OC(=O)CCCCCCCCCCCCCCCCCCC(C)C)OC(=O)CCCCCCCCCCCCCCCCC(C)C. The van der Waals surface area contributed by atoms with Gasteiger partial charge in [-0.2, -0.15) is 0 Å². The number of unbranched alkanes of at least 4 members (excludes halogenated alkanes) is 42. The minimum absolute atomic E-state index is 0.100. The fourth-order valence-electron chi connectivity index (χ4n) is 12.1. The molecule has 0 radical (unpaired) electrons. The number of aliphatic hydroxyl groups excluding tert-OH is 1. The summed E-state index contributed by atoms with van der Waals surface area (Å²) >= 11 is 0. The van der Waals surface area contributed by atoms with Crippen LogP contribution in [0.15, 0.2) is 24.3 Å². The summed E-state index contributed by atoms with van der Waals surface area (Å²) in [4.78, 5) is 73.0. The number of phosphoric ester groups is 2. The average molecular weight is 1480 g/mol. The number of phosphoric acid groups is 2. The van der Waals surface area contributed by atoms with Crippen molar-refractivity contribution >= 4 is 39.5 Å². The smallest absolute Gasteiger partial charge is 0.462 e. The van der Waals surface area contributed by atoms with Crippen molar-refractivity contribution < 1.29 is 80.2 Å². The second kappa shape index (κ2) is 71.8. The molecule has 0 saturated carbocycles. The largest absolute Gasteiger partial charge is 0.472 e. The van der Waals surface area contributed by atoms with Gasteiger partial charge in [0, 0.05) is 25.7 Å². The number of hydrogen-bond donors (Lipinski definition) is 3. The molecular formula is C82H156O17P2. The van der Waals surface area contributed by atoms with E-state index in [1.165, 1.54) is 186 Å². The van der Waals surface area contributed by atoms with E-state index in [0.29, 0.717) is 25.7 Å². The van der Waals surface area contributed by atoms with Crippen molar-refractivity contribution in [2.75, 3.05) is 39.6 Å². The van der Waals surface area contributed by atoms with Crippen molar-refractivity contribution in [3.05, 3.63) is 24.3 Å². The second-order valence-corrected chi connectivity index (χ2v) is 32.9. The van der Waals surface area contributed by atoms with Gasteiger partial charge in [-0.25, -0.2) is 9.13 Å². The van der Waals surface area contributed by atoms with E-state index in [-0.39, 0.29) is 25.7 Å². The third-order valence-corrected chi connectivity index (χ3v) is 20.8. The monoisotopic (exact) mass is 1480 g/mol. The highest BCUT2D eigenvalue weighted by Gasteiger charge is 2.30. The molecule has 0 aromatic heterocycles. The molecule has 0 aliphatic rings. The zero-order valence-corrected chi connectivity index (χ0v) is 67.6. The quantitative estimate of drug-likeness (QED) is 0.0169. The molecule has 0 bridgehead atoms. The molecule has 17 nitrogen and oxygen atoms in total. The summed E-state index contributed by atoms with van der Waals surface area (Å²) in [5.41, 5.74) is 0. The van der Waals surface area contributed by atoms with Crippen LogP contribution in [-0.4, -0.2) is 96.7 Å². The van der Waals surface area contributed by atoms with Crippen LogP contribution in [0.2, 0.25) is 0 Å². The molecule has 101 heavy (non-hydrogen) atoms. The number of carbonyl (C=O) groups excluding carboxylic acids is 4. The van der Waals surface area contributed by atoms with E-state index in [2.05, 4.69) is 72.8 Å². The molecule has 19 heteroatoms. The van der Waals surface area contributed by atoms with Crippen molar-refractivity contribution in [1.29, 1.82) is 0 Å². The summed E-state index contributed by atoms with van der Waals surface area (Å²) in [7, 11) is -9.93. The first-order valence-corrected chi connectivity index (χ1v) is 44.7. The topological polar surface area (TPSA) is 237 Å². The molecule has 0 aromatic carbocycles. The number of carbonyl (C=O) groups is 4. The van der Waals surface area contributed by atoms with Crippen LogP contribution < -0.4 is 0 Å². The summed E-state index contributed by atoms with van der Waals surface area (Å²) in [5, 5.41) is 10.6. The normalized spacial score (nSPS) is 14.4. The fourth-order valence-corrected chi connectivity index (χ4v) is 13.7. The Morgan fingerprint density at radius 1 is 0.327 bits per heavy atom. The molecule has 6 atom stereocenters. The first-order valence-electron chi connectivity index (χ1n) is 41.7. The first-order chi connectivity index (χ1) is 48.8. The number of allylic oxidation sites excluding steroid dienone is 4. The number of aliphatic hydroxyl groups is 1. The van der Waals surface area contributed by atoms with Gasteiger partial charge >= 0.3 is 39.5 Å². The van der Waals surface area contributed by atoms with Crippen molar-refractivity contribution in [3.8, 4) is 0 Å². The zero-order chi connectivity index (χ0) is 74.4. The van der Waals surface area contributed by atoms with Crippen molar-refractivity contribution in [1.82, 2.24) is 0 Å². The zero-order valence-electron chi connectivity index (χ0n) is 65.9. The van der Waals surface area contributed by atoms with E-state index >= 15 is 0 Å². The molecule has 0 amide bonds. The van der Waals surface area contributed by atoms with Gasteiger partial charge in [0.25, 0.3) is 0 Å². The Kier molecular flexibility index (Phi) is 70.0. The fraction of sp³-hybridized carbons (Fsp3) is 0.902. The van der Waals surface area contributed by atoms with Gasteiger partial charge in [0.1, 0.15) is 19.3 Å². The molecule has 0 aliphatic carbocycles. The number of hydrogen-bond acceptors (Lipinski definition) is 15. The molecule has 0 heterocycles. The van der Waals surface area contributed by atoms with E-state index < -0.39 is 97.5 Å². The van der Waals surface area contributed by atoms with Crippen LogP contribution in [0.5, 0.6) is 0 Å². The maximum absolute atomic E-state index is 13.1. The maximum Gasteiger partial charge on any atom is 0.472 e. The maximum atomic E-state index is 13.1. The number of ether oxygens (including phenoxy) is 4. The molecular weight excluding hydrogens is 1320 g/mol. The van der Waals surface area contributed by atoms with Crippen LogP contribution >= 0.6 is 15.6 Å². The predicted molar refractivity (Wildman–Crippen MR) is 414 cm³/mol. The molecule has 0 rings (SSSR count). The van der Waals surface area contributed by atoms with Crippen molar-refractivity contribution in [2.45, 2.75) is 420 Å². The molecule has 0 aromatic rings. The van der Waals surface area contributed by atoms with Crippen LogP contribution in [0, 0.1) is 17.8 Å². The summed E-state index contributed by atoms with van der Waals surface area (Å²) < 4.78 is 68.7. The lowest BCUT2D eigenvalue weighted by Gasteiger charge is -2.21. The predicted octanol–water partition coefficient (Wildman–Crippen LogP) is 24.1. The van der Waals surface area contributed by atoms with Crippen LogP contribution in [-0.2, 0) is 65.4 Å². The lowest BCUT2D eigenvalue weighted by molar-refractivity contribution is -0.161. The first kappa shape index (κ1) is 98.5. The average Bonchev–Trinajstić information content (AvgIpc) is 0.921. The summed E-state index contributed by atoms with van der Waals surface area (Å²) in [6.45, 7) is 11.9. The highest BCUT2D eigenvalue weighted by molar-refractivity contribution is 7.47. The van der Waals surface area contributed by atoms with Gasteiger partial charge < -0.3 is 33.8 Å². The van der Waals surface area contributed by atoms with Crippen molar-refractivity contribution in [3.63, 3.8) is 0 Å². The van der Waals surface area contributed by atoms with Gasteiger partial charge in [-0.1, -0.05) is 349 Å². The molecule has 0 fully saturated rings. The van der Waals surface area contributed by atoms with Gasteiger partial charge in [0.05, 0.1) is 26.4 Å². The van der Waals surface area contributed by atoms with Crippen LogP contribution in [0.25, 0.3) is 0 Å². The molecule has 0 spiro atoms. The minimum Gasteiger partial charge on any atom is -0.462 e. The summed E-state index contributed by atoms with van der Waals surface area (Å²) in [6.07, 6.45) is 63.3. The van der Waals surface area contributed by atoms with Crippen LogP contribution in [0.3, 0.4) is 0 Å². The Morgan fingerprint density at radius 2 is 0.584 bits per heavy atom. The standard InChI is InChI=1S/C82H156O17P2/c1-8-10-11-12-13-14-15-16-19-26-31-36-41-49-56-63-79(84)92-69-77(98-81(86)65-59-52-43-38-33-28-23-22-25-30-35-40-47-54-61-74(5)6)71-96-100(88,89)94-67-76(83)68-95-101(90,91)97-72-78(70-93-80(85)64-57-50-45-44-48-55-62-75(7)9-2)99-82(87)66-58-51-42-37-32-27-21-18-17-20-24-29-34-39-46-53-60-73(3)4/h14-16,19,73-78,83H,8-13,17-18,20-72H2,1-7H3,(H,88,89)(H,90,91)/b15-14-,19-16-/t75?,76-,77-,78-/m1/s1. The van der Waals surface area contributed by atoms with Gasteiger partial charge in [-0.05, 0) is 69.1 Å². The Hall–Kier alpha value is -2.46. The van der Waals surface area contributed by atoms with Crippen LogP contribution in [0.1, 0.15) is 402 Å². The molecule has 596 valence electrons. The third kappa shape index (κ3) is 74.2. The number of rotatable bonds is 78.